The molecule has 0 fully saturated rings. The van der Waals surface area contributed by atoms with Gasteiger partial charge in [0.05, 0.1) is 0 Å². The molecule has 27 heavy (non-hydrogen) atoms. The molecule has 2 aromatic rings. The van der Waals surface area contributed by atoms with Crippen LogP contribution in [-0.2, 0) is 6.42 Å². The highest BCUT2D eigenvalue weighted by Gasteiger charge is 2.11. The summed E-state index contributed by atoms with van der Waals surface area (Å²) in [6.07, 6.45) is 2.65. The molecule has 1 aromatic heterocycles. The standard InChI is InChI=1S/C20H25FN4O2/c1-25(2)13-5-10-23-20(27)18-14-16(9-11-22-18)19(26)24-12-8-15-6-3-4-7-17(15)21/h3-4,6-7,9,11,14H,5,8,10,12-13H2,1-2H3,(H,23,27)(H,24,26). The van der Waals surface area contributed by atoms with Gasteiger partial charge in [0.1, 0.15) is 11.5 Å². The number of nitrogens with one attached hydrogen (secondary N) is 2. The summed E-state index contributed by atoms with van der Waals surface area (Å²) < 4.78 is 13.6. The van der Waals surface area contributed by atoms with E-state index in [0.717, 1.165) is 13.0 Å². The first-order chi connectivity index (χ1) is 13.0. The molecule has 1 aromatic carbocycles. The predicted molar refractivity (Wildman–Crippen MR) is 102 cm³/mol. The highest BCUT2D eigenvalue weighted by molar-refractivity contribution is 5.98. The van der Waals surface area contributed by atoms with Crippen LogP contribution in [0.15, 0.2) is 42.6 Å². The fourth-order valence-corrected chi connectivity index (χ4v) is 2.50. The molecule has 0 radical (unpaired) electrons. The summed E-state index contributed by atoms with van der Waals surface area (Å²) in [7, 11) is 3.94. The van der Waals surface area contributed by atoms with Crippen molar-refractivity contribution in [3.05, 3.63) is 65.2 Å². The van der Waals surface area contributed by atoms with E-state index in [9.17, 15) is 14.0 Å². The molecule has 0 atom stereocenters. The van der Waals surface area contributed by atoms with Gasteiger partial charge in [0.15, 0.2) is 0 Å². The van der Waals surface area contributed by atoms with Gasteiger partial charge in [0, 0.05) is 24.8 Å². The molecular formula is C20H25FN4O2. The second-order valence-corrected chi connectivity index (χ2v) is 6.44. The number of nitrogens with zero attached hydrogens (tertiary/aromatic N) is 2. The van der Waals surface area contributed by atoms with E-state index in [-0.39, 0.29) is 23.3 Å². The van der Waals surface area contributed by atoms with Crippen molar-refractivity contribution < 1.29 is 14.0 Å². The van der Waals surface area contributed by atoms with E-state index in [4.69, 9.17) is 0 Å². The molecule has 144 valence electrons. The summed E-state index contributed by atoms with van der Waals surface area (Å²) >= 11 is 0. The summed E-state index contributed by atoms with van der Waals surface area (Å²) in [5.41, 5.74) is 1.09. The van der Waals surface area contributed by atoms with Crippen LogP contribution < -0.4 is 10.6 Å². The molecule has 0 saturated heterocycles. The zero-order valence-electron chi connectivity index (χ0n) is 15.7. The lowest BCUT2D eigenvalue weighted by molar-refractivity contribution is 0.0947. The largest absolute Gasteiger partial charge is 0.352 e. The average Bonchev–Trinajstić information content (AvgIpc) is 2.66. The molecule has 0 aliphatic rings. The summed E-state index contributed by atoms with van der Waals surface area (Å²) in [6.45, 7) is 1.71. The Bertz CT molecular complexity index is 780. The van der Waals surface area contributed by atoms with E-state index in [0.29, 0.717) is 30.6 Å². The van der Waals surface area contributed by atoms with Crippen molar-refractivity contribution >= 4 is 11.8 Å². The number of hydrogen-bond donors (Lipinski definition) is 2. The topological polar surface area (TPSA) is 74.3 Å². The number of rotatable bonds is 9. The molecule has 0 aliphatic carbocycles. The summed E-state index contributed by atoms with van der Waals surface area (Å²) in [4.78, 5) is 30.5. The van der Waals surface area contributed by atoms with Gasteiger partial charge >= 0.3 is 0 Å². The van der Waals surface area contributed by atoms with E-state index in [1.54, 1.807) is 24.3 Å². The maximum Gasteiger partial charge on any atom is 0.269 e. The lowest BCUT2D eigenvalue weighted by Crippen LogP contribution is -2.29. The van der Waals surface area contributed by atoms with Crippen LogP contribution in [0.2, 0.25) is 0 Å². The summed E-state index contributed by atoms with van der Waals surface area (Å²) in [5.74, 6) is -0.922. The monoisotopic (exact) mass is 372 g/mol. The van der Waals surface area contributed by atoms with E-state index < -0.39 is 0 Å². The minimum atomic E-state index is -0.324. The third-order valence-electron chi connectivity index (χ3n) is 3.96. The molecule has 0 bridgehead atoms. The lowest BCUT2D eigenvalue weighted by Gasteiger charge is -2.10. The quantitative estimate of drug-likeness (QED) is 0.659. The van der Waals surface area contributed by atoms with E-state index in [1.807, 2.05) is 19.0 Å². The first kappa shape index (κ1) is 20.5. The zero-order chi connectivity index (χ0) is 19.6. The number of carbonyl (C=O) groups is 2. The van der Waals surface area contributed by atoms with E-state index in [2.05, 4.69) is 15.6 Å². The van der Waals surface area contributed by atoms with Crippen molar-refractivity contribution in [3.8, 4) is 0 Å². The van der Waals surface area contributed by atoms with Gasteiger partial charge in [-0.15, -0.1) is 0 Å². The first-order valence-corrected chi connectivity index (χ1v) is 8.88. The Morgan fingerprint density at radius 1 is 1.07 bits per heavy atom. The maximum atomic E-state index is 13.6. The number of amides is 2. The van der Waals surface area contributed by atoms with Crippen molar-refractivity contribution in [1.29, 1.82) is 0 Å². The van der Waals surface area contributed by atoms with Crippen molar-refractivity contribution in [2.24, 2.45) is 0 Å². The molecule has 0 unspecified atom stereocenters. The zero-order valence-corrected chi connectivity index (χ0v) is 15.7. The van der Waals surface area contributed by atoms with Gasteiger partial charge in [0.2, 0.25) is 0 Å². The van der Waals surface area contributed by atoms with Crippen molar-refractivity contribution in [2.45, 2.75) is 12.8 Å². The third-order valence-corrected chi connectivity index (χ3v) is 3.96. The third kappa shape index (κ3) is 6.79. The van der Waals surface area contributed by atoms with Crippen molar-refractivity contribution in [1.82, 2.24) is 20.5 Å². The Labute approximate surface area is 158 Å². The second-order valence-electron chi connectivity index (χ2n) is 6.44. The SMILES string of the molecule is CN(C)CCCNC(=O)c1cc(C(=O)NCCc2ccccc2F)ccn1. The normalized spacial score (nSPS) is 10.7. The van der Waals surface area contributed by atoms with Crippen LogP contribution in [0.4, 0.5) is 4.39 Å². The van der Waals surface area contributed by atoms with Gasteiger partial charge in [-0.2, -0.15) is 0 Å². The van der Waals surface area contributed by atoms with Crippen LogP contribution >= 0.6 is 0 Å². The molecule has 0 aliphatic heterocycles. The number of benzene rings is 1. The van der Waals surface area contributed by atoms with Gasteiger partial charge in [-0.1, -0.05) is 18.2 Å². The second kappa shape index (κ2) is 10.4. The van der Waals surface area contributed by atoms with Gasteiger partial charge in [0.25, 0.3) is 11.8 Å². The maximum absolute atomic E-state index is 13.6. The molecule has 7 heteroatoms. The van der Waals surface area contributed by atoms with Gasteiger partial charge in [-0.3, -0.25) is 14.6 Å². The summed E-state index contributed by atoms with van der Waals surface area (Å²) in [5, 5.41) is 5.52. The molecule has 2 rings (SSSR count). The van der Waals surface area contributed by atoms with Gasteiger partial charge < -0.3 is 15.5 Å². The summed E-state index contributed by atoms with van der Waals surface area (Å²) in [6, 6.07) is 9.46. The Hall–Kier alpha value is -2.80. The lowest BCUT2D eigenvalue weighted by atomic mass is 10.1. The minimum absolute atomic E-state index is 0.196. The van der Waals surface area contributed by atoms with Gasteiger partial charge in [-0.05, 0) is 57.2 Å². The number of pyridine rings is 1. The van der Waals surface area contributed by atoms with E-state index in [1.165, 1.54) is 18.3 Å². The van der Waals surface area contributed by atoms with Crippen LogP contribution in [0.1, 0.15) is 32.8 Å². The Kier molecular flexibility index (Phi) is 7.88. The molecular weight excluding hydrogens is 347 g/mol. The molecule has 6 nitrogen and oxygen atoms in total. The Balaban J connectivity index is 1.85. The first-order valence-electron chi connectivity index (χ1n) is 8.88. The van der Waals surface area contributed by atoms with Crippen LogP contribution in [-0.4, -0.2) is 55.4 Å². The Morgan fingerprint density at radius 3 is 2.56 bits per heavy atom. The number of hydrogen-bond acceptors (Lipinski definition) is 4. The predicted octanol–water partition coefficient (Wildman–Crippen LogP) is 1.87. The molecule has 0 spiro atoms. The van der Waals surface area contributed by atoms with Crippen LogP contribution in [0, 0.1) is 5.82 Å². The minimum Gasteiger partial charge on any atom is -0.352 e. The molecule has 2 N–H and O–H groups in total. The van der Waals surface area contributed by atoms with Crippen LogP contribution in [0.5, 0.6) is 0 Å². The molecule has 2 amide bonds. The van der Waals surface area contributed by atoms with E-state index >= 15 is 0 Å². The number of carbonyl (C=O) groups excluding carboxylic acids is 2. The average molecular weight is 372 g/mol. The smallest absolute Gasteiger partial charge is 0.269 e. The van der Waals surface area contributed by atoms with Crippen LogP contribution in [0.3, 0.4) is 0 Å². The number of halogens is 1. The molecule has 1 heterocycles. The highest BCUT2D eigenvalue weighted by atomic mass is 19.1. The molecule has 0 saturated carbocycles. The fraction of sp³-hybridized carbons (Fsp3) is 0.350. The Morgan fingerprint density at radius 2 is 1.81 bits per heavy atom. The van der Waals surface area contributed by atoms with Crippen LogP contribution in [0.25, 0.3) is 0 Å². The van der Waals surface area contributed by atoms with Crippen molar-refractivity contribution in [3.63, 3.8) is 0 Å². The van der Waals surface area contributed by atoms with Crippen molar-refractivity contribution in [2.75, 3.05) is 33.7 Å². The highest BCUT2D eigenvalue weighted by Crippen LogP contribution is 2.07. The fourth-order valence-electron chi connectivity index (χ4n) is 2.50. The number of aromatic nitrogens is 1. The van der Waals surface area contributed by atoms with Gasteiger partial charge in [-0.25, -0.2) is 4.39 Å².